The van der Waals surface area contributed by atoms with Crippen LogP contribution in [0.3, 0.4) is 0 Å². The summed E-state index contributed by atoms with van der Waals surface area (Å²) < 4.78 is 0. The van der Waals surface area contributed by atoms with E-state index in [4.69, 9.17) is 0 Å². The van der Waals surface area contributed by atoms with Gasteiger partial charge in [0.2, 0.25) is 0 Å². The highest BCUT2D eigenvalue weighted by Gasteiger charge is 2.47. The number of hydrogen-bond donors (Lipinski definition) is 1. The molecule has 1 aliphatic rings. The minimum atomic E-state index is -0.767. The molecule has 1 aromatic carbocycles. The first-order valence-electron chi connectivity index (χ1n) is 6.21. The minimum Gasteiger partial charge on any atom is -0.323 e. The Morgan fingerprint density at radius 1 is 1.22 bits per heavy atom. The van der Waals surface area contributed by atoms with Crippen molar-refractivity contribution in [2.75, 3.05) is 4.90 Å². The predicted molar refractivity (Wildman–Crippen MR) is 70.5 cm³/mol. The Morgan fingerprint density at radius 3 is 2.39 bits per heavy atom. The van der Waals surface area contributed by atoms with Gasteiger partial charge in [0.1, 0.15) is 5.54 Å². The first-order valence-corrected chi connectivity index (χ1v) is 6.21. The van der Waals surface area contributed by atoms with E-state index in [1.165, 1.54) is 4.90 Å². The van der Waals surface area contributed by atoms with Gasteiger partial charge >= 0.3 is 6.03 Å². The Morgan fingerprint density at radius 2 is 1.83 bits per heavy atom. The van der Waals surface area contributed by atoms with Gasteiger partial charge in [-0.3, -0.25) is 4.79 Å². The SMILES string of the molecule is CCCC1(C)NC(=O)N(c2ccc(C)cc2)C1=O. The Balaban J connectivity index is 2.32. The van der Waals surface area contributed by atoms with Crippen molar-refractivity contribution in [3.05, 3.63) is 29.8 Å². The van der Waals surface area contributed by atoms with Crippen LogP contribution in [0.1, 0.15) is 32.3 Å². The van der Waals surface area contributed by atoms with Gasteiger partial charge in [0.15, 0.2) is 0 Å². The third kappa shape index (κ3) is 1.98. The molecule has 0 saturated carbocycles. The lowest BCUT2D eigenvalue weighted by Crippen LogP contribution is -2.43. The van der Waals surface area contributed by atoms with Crippen molar-refractivity contribution in [2.45, 2.75) is 39.2 Å². The number of nitrogens with zero attached hydrogens (tertiary/aromatic N) is 1. The van der Waals surface area contributed by atoms with Crippen molar-refractivity contribution in [3.63, 3.8) is 0 Å². The van der Waals surface area contributed by atoms with Crippen LogP contribution >= 0.6 is 0 Å². The van der Waals surface area contributed by atoms with Gasteiger partial charge in [0.25, 0.3) is 5.91 Å². The second kappa shape index (κ2) is 4.44. The number of aryl methyl sites for hydroxylation is 1. The Bertz CT molecular complexity index is 481. The molecule has 1 saturated heterocycles. The number of carbonyl (C=O) groups excluding carboxylic acids is 2. The van der Waals surface area contributed by atoms with Crippen LogP contribution in [0.5, 0.6) is 0 Å². The number of hydrogen-bond acceptors (Lipinski definition) is 2. The zero-order valence-electron chi connectivity index (χ0n) is 11.0. The number of benzene rings is 1. The van der Waals surface area contributed by atoms with Gasteiger partial charge in [-0.15, -0.1) is 0 Å². The number of anilines is 1. The first-order chi connectivity index (χ1) is 8.48. The molecule has 0 spiro atoms. The molecule has 4 nitrogen and oxygen atoms in total. The van der Waals surface area contributed by atoms with Crippen LogP contribution in [-0.4, -0.2) is 17.5 Å². The highest BCUT2D eigenvalue weighted by molar-refractivity contribution is 6.23. The van der Waals surface area contributed by atoms with Crippen LogP contribution in [0.25, 0.3) is 0 Å². The van der Waals surface area contributed by atoms with E-state index < -0.39 is 5.54 Å². The number of urea groups is 1. The molecule has 1 aromatic rings. The average molecular weight is 246 g/mol. The maximum atomic E-state index is 12.4. The molecule has 1 fully saturated rings. The standard InChI is InChI=1S/C14H18N2O2/c1-4-9-14(3)12(17)16(13(18)15-14)11-7-5-10(2)6-8-11/h5-8H,4,9H2,1-3H3,(H,15,18). The molecule has 2 rings (SSSR count). The van der Waals surface area contributed by atoms with Gasteiger partial charge in [-0.1, -0.05) is 31.0 Å². The van der Waals surface area contributed by atoms with Crippen LogP contribution < -0.4 is 10.2 Å². The molecule has 1 atom stereocenters. The fraction of sp³-hybridized carbons (Fsp3) is 0.429. The lowest BCUT2D eigenvalue weighted by Gasteiger charge is -2.20. The van der Waals surface area contributed by atoms with Gasteiger partial charge in [0, 0.05) is 0 Å². The number of nitrogens with one attached hydrogen (secondary N) is 1. The molecule has 0 aromatic heterocycles. The van der Waals surface area contributed by atoms with Crippen LogP contribution in [0, 0.1) is 6.92 Å². The van der Waals surface area contributed by atoms with E-state index in [1.807, 2.05) is 26.0 Å². The van der Waals surface area contributed by atoms with Crippen LogP contribution in [-0.2, 0) is 4.79 Å². The summed E-state index contributed by atoms with van der Waals surface area (Å²) in [5.41, 5.74) is 0.960. The van der Waals surface area contributed by atoms with Crippen LogP contribution in [0.4, 0.5) is 10.5 Å². The van der Waals surface area contributed by atoms with Crippen molar-refractivity contribution < 1.29 is 9.59 Å². The van der Waals surface area contributed by atoms with Crippen molar-refractivity contribution >= 4 is 17.6 Å². The summed E-state index contributed by atoms with van der Waals surface area (Å²) in [6.45, 7) is 5.75. The maximum absolute atomic E-state index is 12.4. The molecule has 96 valence electrons. The minimum absolute atomic E-state index is 0.168. The molecule has 1 N–H and O–H groups in total. The Kier molecular flexibility index (Phi) is 3.11. The van der Waals surface area contributed by atoms with Crippen LogP contribution in [0.2, 0.25) is 0 Å². The summed E-state index contributed by atoms with van der Waals surface area (Å²) in [7, 11) is 0. The van der Waals surface area contributed by atoms with E-state index in [0.29, 0.717) is 12.1 Å². The first kappa shape index (κ1) is 12.6. The Hall–Kier alpha value is -1.84. The van der Waals surface area contributed by atoms with Crippen molar-refractivity contribution in [1.82, 2.24) is 5.32 Å². The van der Waals surface area contributed by atoms with Gasteiger partial charge in [-0.2, -0.15) is 0 Å². The number of imide groups is 1. The Labute approximate surface area is 107 Å². The lowest BCUT2D eigenvalue weighted by molar-refractivity contribution is -0.121. The highest BCUT2D eigenvalue weighted by atomic mass is 16.2. The van der Waals surface area contributed by atoms with Crippen molar-refractivity contribution in [3.8, 4) is 0 Å². The molecule has 0 radical (unpaired) electrons. The molecule has 0 bridgehead atoms. The van der Waals surface area contributed by atoms with Gasteiger partial charge in [-0.25, -0.2) is 9.69 Å². The normalized spacial score (nSPS) is 23.4. The van der Waals surface area contributed by atoms with Gasteiger partial charge in [0.05, 0.1) is 5.69 Å². The smallest absolute Gasteiger partial charge is 0.323 e. The molecule has 18 heavy (non-hydrogen) atoms. The molecule has 4 heteroatoms. The number of carbonyl (C=O) groups is 2. The van der Waals surface area contributed by atoms with E-state index in [-0.39, 0.29) is 11.9 Å². The molecular weight excluding hydrogens is 228 g/mol. The maximum Gasteiger partial charge on any atom is 0.329 e. The second-order valence-electron chi connectivity index (χ2n) is 4.99. The summed E-state index contributed by atoms with van der Waals surface area (Å²) in [5, 5.41) is 2.78. The van der Waals surface area contributed by atoms with Gasteiger partial charge in [-0.05, 0) is 32.4 Å². The molecule has 3 amide bonds. The van der Waals surface area contributed by atoms with E-state index in [9.17, 15) is 9.59 Å². The highest BCUT2D eigenvalue weighted by Crippen LogP contribution is 2.27. The monoisotopic (exact) mass is 246 g/mol. The fourth-order valence-corrected chi connectivity index (χ4v) is 2.28. The summed E-state index contributed by atoms with van der Waals surface area (Å²) in [5.74, 6) is -0.168. The summed E-state index contributed by atoms with van der Waals surface area (Å²) >= 11 is 0. The summed E-state index contributed by atoms with van der Waals surface area (Å²) in [6.07, 6.45) is 1.50. The largest absolute Gasteiger partial charge is 0.329 e. The van der Waals surface area contributed by atoms with E-state index in [0.717, 1.165) is 12.0 Å². The molecule has 1 aliphatic heterocycles. The lowest BCUT2D eigenvalue weighted by atomic mass is 9.96. The van der Waals surface area contributed by atoms with E-state index in [2.05, 4.69) is 5.32 Å². The zero-order chi connectivity index (χ0) is 13.3. The molecular formula is C14H18N2O2. The number of amides is 3. The van der Waals surface area contributed by atoms with E-state index >= 15 is 0 Å². The molecule has 1 heterocycles. The van der Waals surface area contributed by atoms with Crippen molar-refractivity contribution in [1.29, 1.82) is 0 Å². The second-order valence-corrected chi connectivity index (χ2v) is 4.99. The van der Waals surface area contributed by atoms with E-state index in [1.54, 1.807) is 19.1 Å². The third-order valence-corrected chi connectivity index (χ3v) is 3.30. The average Bonchev–Trinajstić information content (AvgIpc) is 2.52. The molecule has 0 aliphatic carbocycles. The predicted octanol–water partition coefficient (Wildman–Crippen LogP) is 2.61. The topological polar surface area (TPSA) is 49.4 Å². The summed E-state index contributed by atoms with van der Waals surface area (Å²) in [4.78, 5) is 25.5. The van der Waals surface area contributed by atoms with Crippen molar-refractivity contribution in [2.24, 2.45) is 0 Å². The molecule has 1 unspecified atom stereocenters. The zero-order valence-corrected chi connectivity index (χ0v) is 11.0. The fourth-order valence-electron chi connectivity index (χ4n) is 2.28. The van der Waals surface area contributed by atoms with Crippen LogP contribution in [0.15, 0.2) is 24.3 Å². The number of rotatable bonds is 3. The third-order valence-electron chi connectivity index (χ3n) is 3.30. The quantitative estimate of drug-likeness (QED) is 0.833. The summed E-state index contributed by atoms with van der Waals surface area (Å²) in [6, 6.07) is 7.05. The van der Waals surface area contributed by atoms with Gasteiger partial charge < -0.3 is 5.32 Å².